The van der Waals surface area contributed by atoms with Crippen LogP contribution in [0.5, 0.6) is 0 Å². The molecule has 0 radical (unpaired) electrons. The van der Waals surface area contributed by atoms with Crippen LogP contribution in [-0.2, 0) is 9.53 Å². The maximum atomic E-state index is 12.7. The molecule has 0 saturated carbocycles. The summed E-state index contributed by atoms with van der Waals surface area (Å²) in [7, 11) is 0. The number of benzene rings is 1. The molecule has 4 rings (SSSR count). The lowest BCUT2D eigenvalue weighted by molar-refractivity contribution is -0.136. The summed E-state index contributed by atoms with van der Waals surface area (Å²) in [4.78, 5) is 40.3. The van der Waals surface area contributed by atoms with Crippen LogP contribution in [0.3, 0.4) is 0 Å². The second kappa shape index (κ2) is 7.92. The van der Waals surface area contributed by atoms with E-state index in [0.29, 0.717) is 16.7 Å². The lowest BCUT2D eigenvalue weighted by Gasteiger charge is -2.14. The summed E-state index contributed by atoms with van der Waals surface area (Å²) < 4.78 is 5.39. The Balaban J connectivity index is 1.44. The number of carbonyl (C=O) groups is 3. The molecule has 0 N–H and O–H groups in total. The van der Waals surface area contributed by atoms with Crippen LogP contribution in [-0.4, -0.2) is 35.8 Å². The van der Waals surface area contributed by atoms with E-state index >= 15 is 0 Å². The van der Waals surface area contributed by atoms with Crippen LogP contribution in [0.15, 0.2) is 59.3 Å². The Morgan fingerprint density at radius 2 is 1.61 bits per heavy atom. The van der Waals surface area contributed by atoms with E-state index in [1.54, 1.807) is 30.3 Å². The molecule has 0 bridgehead atoms. The molecule has 28 heavy (non-hydrogen) atoms. The molecular weight excluding hydrogens is 394 g/mol. The number of ether oxygens (including phenoxy) is 1. The van der Waals surface area contributed by atoms with Crippen molar-refractivity contribution in [1.82, 2.24) is 4.90 Å². The van der Waals surface area contributed by atoms with E-state index in [1.165, 1.54) is 22.7 Å². The second-order valence-electron chi connectivity index (χ2n) is 5.99. The van der Waals surface area contributed by atoms with Gasteiger partial charge in [0.1, 0.15) is 6.61 Å². The Labute approximate surface area is 169 Å². The van der Waals surface area contributed by atoms with E-state index in [4.69, 9.17) is 4.74 Å². The lowest BCUT2D eigenvalue weighted by Crippen LogP contribution is -2.33. The van der Waals surface area contributed by atoms with Crippen molar-refractivity contribution in [1.29, 1.82) is 0 Å². The lowest BCUT2D eigenvalue weighted by atomic mass is 10.1. The molecule has 7 heteroatoms. The van der Waals surface area contributed by atoms with Gasteiger partial charge in [-0.3, -0.25) is 14.5 Å². The number of fused-ring (bicyclic) bond motifs is 1. The van der Waals surface area contributed by atoms with Gasteiger partial charge in [0, 0.05) is 9.75 Å². The van der Waals surface area contributed by atoms with Crippen LogP contribution in [0.2, 0.25) is 0 Å². The van der Waals surface area contributed by atoms with Crippen molar-refractivity contribution < 1.29 is 19.1 Å². The zero-order valence-electron chi connectivity index (χ0n) is 14.7. The van der Waals surface area contributed by atoms with Crippen molar-refractivity contribution in [2.24, 2.45) is 0 Å². The summed E-state index contributed by atoms with van der Waals surface area (Å²) in [5, 5.41) is 3.83. The van der Waals surface area contributed by atoms with Crippen molar-refractivity contribution in [3.05, 3.63) is 80.2 Å². The molecule has 5 nitrogen and oxygen atoms in total. The predicted molar refractivity (Wildman–Crippen MR) is 109 cm³/mol. The van der Waals surface area contributed by atoms with E-state index in [-0.39, 0.29) is 25.0 Å². The van der Waals surface area contributed by atoms with Gasteiger partial charge in [-0.1, -0.05) is 24.3 Å². The number of thiophene rings is 2. The molecule has 2 aromatic heterocycles. The fourth-order valence-corrected chi connectivity index (χ4v) is 4.32. The Morgan fingerprint density at radius 1 is 0.929 bits per heavy atom. The Kier molecular flexibility index (Phi) is 5.18. The van der Waals surface area contributed by atoms with Gasteiger partial charge in [0.15, 0.2) is 0 Å². The van der Waals surface area contributed by atoms with E-state index in [1.807, 2.05) is 35.0 Å². The quantitative estimate of drug-likeness (QED) is 0.348. The van der Waals surface area contributed by atoms with Crippen molar-refractivity contribution in [3.8, 4) is 0 Å². The van der Waals surface area contributed by atoms with Gasteiger partial charge >= 0.3 is 5.97 Å². The summed E-state index contributed by atoms with van der Waals surface area (Å²) in [6.45, 7) is -0.0354. The molecule has 1 aliphatic rings. The summed E-state index contributed by atoms with van der Waals surface area (Å²) >= 11 is 2.98. The fourth-order valence-electron chi connectivity index (χ4n) is 2.93. The first kappa shape index (κ1) is 18.3. The number of hydrogen-bond donors (Lipinski definition) is 0. The molecular formula is C21H15NO4S2. The van der Waals surface area contributed by atoms with Gasteiger partial charge in [-0.05, 0) is 41.1 Å². The maximum Gasteiger partial charge on any atom is 0.339 e. The number of carbonyl (C=O) groups excluding carboxylic acids is 3. The topological polar surface area (TPSA) is 63.7 Å². The molecule has 0 atom stereocenters. The summed E-state index contributed by atoms with van der Waals surface area (Å²) in [5.74, 6) is -1.19. The summed E-state index contributed by atoms with van der Waals surface area (Å²) in [6, 6.07) is 14.2. The van der Waals surface area contributed by atoms with Gasteiger partial charge in [-0.15, -0.1) is 22.7 Å². The highest BCUT2D eigenvalue weighted by molar-refractivity contribution is 7.12. The number of imide groups is 1. The minimum Gasteiger partial charge on any atom is -0.460 e. The zero-order chi connectivity index (χ0) is 19.5. The third-order valence-corrected chi connectivity index (χ3v) is 5.99. The van der Waals surface area contributed by atoms with Crippen LogP contribution in [0.4, 0.5) is 0 Å². The molecule has 140 valence electrons. The molecule has 0 unspecified atom stereocenters. The first-order valence-corrected chi connectivity index (χ1v) is 10.3. The molecule has 3 heterocycles. The molecule has 3 aromatic rings. The van der Waals surface area contributed by atoms with Crippen molar-refractivity contribution in [3.63, 3.8) is 0 Å². The number of nitrogens with zero attached hydrogens (tertiary/aromatic N) is 1. The average molecular weight is 409 g/mol. The van der Waals surface area contributed by atoms with Crippen LogP contribution in [0.1, 0.15) is 30.5 Å². The first-order valence-electron chi connectivity index (χ1n) is 8.56. The van der Waals surface area contributed by atoms with Crippen LogP contribution in [0.25, 0.3) is 11.6 Å². The van der Waals surface area contributed by atoms with Crippen LogP contribution < -0.4 is 0 Å². The Morgan fingerprint density at radius 3 is 2.21 bits per heavy atom. The van der Waals surface area contributed by atoms with E-state index in [0.717, 1.165) is 14.7 Å². The molecule has 0 aliphatic carbocycles. The van der Waals surface area contributed by atoms with Gasteiger partial charge in [0.25, 0.3) is 11.8 Å². The summed E-state index contributed by atoms with van der Waals surface area (Å²) in [5.41, 5.74) is 1.23. The SMILES string of the molecule is O=C(OCCN1C(=O)c2ccccc2C1=O)/C(=C/c1cccs1)c1cccs1. The third-order valence-electron chi connectivity index (χ3n) is 4.26. The first-order chi connectivity index (χ1) is 13.6. The molecule has 0 spiro atoms. The highest BCUT2D eigenvalue weighted by Gasteiger charge is 2.34. The van der Waals surface area contributed by atoms with Gasteiger partial charge in [0.2, 0.25) is 0 Å². The van der Waals surface area contributed by atoms with Crippen molar-refractivity contribution >= 4 is 52.1 Å². The number of hydrogen-bond acceptors (Lipinski definition) is 6. The number of rotatable bonds is 6. The highest BCUT2D eigenvalue weighted by Crippen LogP contribution is 2.26. The highest BCUT2D eigenvalue weighted by atomic mass is 32.1. The normalized spacial score (nSPS) is 13.7. The molecule has 1 aliphatic heterocycles. The molecule has 2 amide bonds. The van der Waals surface area contributed by atoms with E-state index in [2.05, 4.69) is 0 Å². The number of esters is 1. The minimum atomic E-state index is -0.479. The monoisotopic (exact) mass is 409 g/mol. The largest absolute Gasteiger partial charge is 0.460 e. The summed E-state index contributed by atoms with van der Waals surface area (Å²) in [6.07, 6.45) is 1.79. The second-order valence-corrected chi connectivity index (χ2v) is 7.92. The van der Waals surface area contributed by atoms with Gasteiger partial charge in [0.05, 0.1) is 23.2 Å². The van der Waals surface area contributed by atoms with Gasteiger partial charge in [-0.25, -0.2) is 4.79 Å². The van der Waals surface area contributed by atoms with E-state index in [9.17, 15) is 14.4 Å². The minimum absolute atomic E-state index is 0.0226. The van der Waals surface area contributed by atoms with Crippen molar-refractivity contribution in [2.75, 3.05) is 13.2 Å². The third kappa shape index (κ3) is 3.54. The van der Waals surface area contributed by atoms with Crippen LogP contribution >= 0.6 is 22.7 Å². The predicted octanol–water partition coefficient (Wildman–Crippen LogP) is 4.19. The van der Waals surface area contributed by atoms with E-state index < -0.39 is 5.97 Å². The number of amides is 2. The fraction of sp³-hybridized carbons (Fsp3) is 0.0952. The standard InChI is InChI=1S/C21H15NO4S2/c23-19-15-6-1-2-7-16(15)20(24)22(19)9-10-26-21(25)17(18-8-4-12-28-18)13-14-5-3-11-27-14/h1-8,11-13H,9-10H2/b17-13+. The van der Waals surface area contributed by atoms with Gasteiger partial charge in [-0.2, -0.15) is 0 Å². The molecule has 1 aromatic carbocycles. The van der Waals surface area contributed by atoms with Crippen molar-refractivity contribution in [2.45, 2.75) is 0 Å². The maximum absolute atomic E-state index is 12.7. The molecule has 0 fully saturated rings. The van der Waals surface area contributed by atoms with Gasteiger partial charge < -0.3 is 4.74 Å². The van der Waals surface area contributed by atoms with Crippen LogP contribution in [0, 0.1) is 0 Å². The zero-order valence-corrected chi connectivity index (χ0v) is 16.3. The Hall–Kier alpha value is -3.03. The smallest absolute Gasteiger partial charge is 0.339 e. The average Bonchev–Trinajstić information content (AvgIpc) is 3.45. The Bertz CT molecular complexity index is 1020. The molecule has 0 saturated heterocycles.